The first-order chi connectivity index (χ1) is 15.4. The Kier molecular flexibility index (Phi) is 4.89. The van der Waals surface area contributed by atoms with Crippen LogP contribution in [-0.2, 0) is 4.79 Å². The van der Waals surface area contributed by atoms with Gasteiger partial charge in [-0.3, -0.25) is 19.5 Å². The molecule has 0 spiro atoms. The molecule has 2 aromatic carbocycles. The summed E-state index contributed by atoms with van der Waals surface area (Å²) in [6.07, 6.45) is 2.86. The lowest BCUT2D eigenvalue weighted by atomic mass is 9.73. The molecule has 1 aromatic heterocycles. The molecular weight excluding hydrogens is 398 g/mol. The number of benzene rings is 2. The van der Waals surface area contributed by atoms with Gasteiger partial charge in [-0.25, -0.2) is 0 Å². The van der Waals surface area contributed by atoms with Crippen LogP contribution in [0.1, 0.15) is 48.8 Å². The molecule has 1 amide bonds. The van der Waals surface area contributed by atoms with Gasteiger partial charge in [0.1, 0.15) is 6.04 Å². The normalized spacial score (nSPS) is 19.5. The Balaban J connectivity index is 1.79. The third-order valence-corrected chi connectivity index (χ3v) is 6.11. The molecule has 5 heteroatoms. The summed E-state index contributed by atoms with van der Waals surface area (Å²) in [5, 5.41) is 3.52. The Bertz CT molecular complexity index is 1220. The molecule has 160 valence electrons. The average molecular weight is 424 g/mol. The largest absolute Gasteiger partial charge is 0.357 e. The molecule has 2 aliphatic rings. The molecule has 0 saturated heterocycles. The van der Waals surface area contributed by atoms with Gasteiger partial charge in [-0.05, 0) is 48.2 Å². The van der Waals surface area contributed by atoms with Gasteiger partial charge in [0.2, 0.25) is 0 Å². The van der Waals surface area contributed by atoms with Crippen molar-refractivity contribution in [2.24, 2.45) is 5.41 Å². The van der Waals surface area contributed by atoms with Crippen LogP contribution < -0.4 is 10.2 Å². The van der Waals surface area contributed by atoms with Crippen molar-refractivity contribution in [3.05, 3.63) is 102 Å². The van der Waals surface area contributed by atoms with Crippen molar-refractivity contribution in [3.8, 4) is 0 Å². The summed E-state index contributed by atoms with van der Waals surface area (Å²) >= 11 is 0. The van der Waals surface area contributed by atoms with Gasteiger partial charge in [0.15, 0.2) is 5.78 Å². The number of hydrogen-bond donors (Lipinski definition) is 1. The van der Waals surface area contributed by atoms with E-state index in [0.717, 1.165) is 23.5 Å². The van der Waals surface area contributed by atoms with Crippen molar-refractivity contribution in [1.29, 1.82) is 0 Å². The summed E-state index contributed by atoms with van der Waals surface area (Å²) in [5.41, 5.74) is 4.13. The number of nitrogens with one attached hydrogen (secondary N) is 1. The molecule has 1 N–H and O–H groups in total. The smallest absolute Gasteiger partial charge is 0.259 e. The third kappa shape index (κ3) is 3.50. The highest BCUT2D eigenvalue weighted by Gasteiger charge is 2.43. The lowest BCUT2D eigenvalue weighted by molar-refractivity contribution is -0.118. The quantitative estimate of drug-likeness (QED) is 0.588. The molecule has 5 rings (SSSR count). The van der Waals surface area contributed by atoms with Gasteiger partial charge in [-0.2, -0.15) is 0 Å². The first-order valence-corrected chi connectivity index (χ1v) is 10.9. The Hall–Kier alpha value is -3.73. The van der Waals surface area contributed by atoms with E-state index >= 15 is 0 Å². The van der Waals surface area contributed by atoms with E-state index < -0.39 is 6.04 Å². The minimum Gasteiger partial charge on any atom is -0.357 e. The molecule has 0 fully saturated rings. The summed E-state index contributed by atoms with van der Waals surface area (Å²) in [6.45, 7) is 4.21. The maximum atomic E-state index is 13.9. The number of fused-ring (bicyclic) bond motifs is 1. The standard InChI is InChI=1S/C27H25N3O2/c1-27(2)16-21-24(23(31)17-27)25(20-13-8-9-15-28-20)30(22-14-7-6-12-19(22)29-21)26(32)18-10-4-3-5-11-18/h3-15,25,29H,16-17H2,1-2H3. The first kappa shape index (κ1) is 20.2. The number of amides is 1. The van der Waals surface area contributed by atoms with Gasteiger partial charge in [0, 0.05) is 29.5 Å². The topological polar surface area (TPSA) is 62.3 Å². The fraction of sp³-hybridized carbons (Fsp3) is 0.222. The van der Waals surface area contributed by atoms with Crippen LogP contribution >= 0.6 is 0 Å². The minimum atomic E-state index is -0.612. The summed E-state index contributed by atoms with van der Waals surface area (Å²) in [6, 6.07) is 22.0. The van der Waals surface area contributed by atoms with E-state index in [0.29, 0.717) is 23.3 Å². The van der Waals surface area contributed by atoms with Crippen LogP contribution in [0.4, 0.5) is 11.4 Å². The molecule has 0 radical (unpaired) electrons. The number of aromatic nitrogens is 1. The molecule has 1 atom stereocenters. The molecule has 2 heterocycles. The number of anilines is 2. The van der Waals surface area contributed by atoms with E-state index in [9.17, 15) is 9.59 Å². The predicted molar refractivity (Wildman–Crippen MR) is 125 cm³/mol. The molecular formula is C27H25N3O2. The molecule has 0 saturated carbocycles. The zero-order valence-electron chi connectivity index (χ0n) is 18.2. The number of nitrogens with zero attached hydrogens (tertiary/aromatic N) is 2. The van der Waals surface area contributed by atoms with Crippen molar-refractivity contribution < 1.29 is 9.59 Å². The number of ketones is 1. The van der Waals surface area contributed by atoms with Crippen LogP contribution in [-0.4, -0.2) is 16.7 Å². The molecule has 0 bridgehead atoms. The Labute approximate surface area is 187 Å². The second kappa shape index (κ2) is 7.75. The van der Waals surface area contributed by atoms with Gasteiger partial charge >= 0.3 is 0 Å². The average Bonchev–Trinajstić information content (AvgIpc) is 2.93. The van der Waals surface area contributed by atoms with E-state index in [-0.39, 0.29) is 17.1 Å². The summed E-state index contributed by atoms with van der Waals surface area (Å²) < 4.78 is 0. The fourth-order valence-corrected chi connectivity index (χ4v) is 4.75. The van der Waals surface area contributed by atoms with Crippen LogP contribution in [0.15, 0.2) is 90.3 Å². The Morgan fingerprint density at radius 2 is 1.69 bits per heavy atom. The number of Topliss-reactive ketones (excluding diaryl/α,β-unsaturated/α-hetero) is 1. The number of rotatable bonds is 2. The summed E-state index contributed by atoms with van der Waals surface area (Å²) in [5.74, 6) is -0.111. The van der Waals surface area contributed by atoms with Crippen molar-refractivity contribution >= 4 is 23.1 Å². The Morgan fingerprint density at radius 1 is 0.969 bits per heavy atom. The number of pyridine rings is 1. The SMILES string of the molecule is CC1(C)CC(=O)C2=C(C1)Nc1ccccc1N(C(=O)c1ccccc1)C2c1ccccn1. The predicted octanol–water partition coefficient (Wildman–Crippen LogP) is 5.54. The van der Waals surface area contributed by atoms with Crippen LogP contribution in [0, 0.1) is 5.41 Å². The van der Waals surface area contributed by atoms with Crippen molar-refractivity contribution in [2.75, 3.05) is 10.2 Å². The van der Waals surface area contributed by atoms with Crippen LogP contribution in [0.3, 0.4) is 0 Å². The van der Waals surface area contributed by atoms with Gasteiger partial charge in [0.25, 0.3) is 5.91 Å². The van der Waals surface area contributed by atoms with Crippen LogP contribution in [0.5, 0.6) is 0 Å². The van der Waals surface area contributed by atoms with Gasteiger partial charge < -0.3 is 5.32 Å². The van der Waals surface area contributed by atoms with Crippen molar-refractivity contribution in [3.63, 3.8) is 0 Å². The molecule has 1 aliphatic heterocycles. The van der Waals surface area contributed by atoms with Gasteiger partial charge in [0.05, 0.1) is 17.1 Å². The first-order valence-electron chi connectivity index (χ1n) is 10.9. The monoisotopic (exact) mass is 423 g/mol. The van der Waals surface area contributed by atoms with E-state index in [4.69, 9.17) is 0 Å². The highest BCUT2D eigenvalue weighted by atomic mass is 16.2. The fourth-order valence-electron chi connectivity index (χ4n) is 4.75. The molecule has 3 aromatic rings. The molecule has 1 unspecified atom stereocenters. The zero-order valence-corrected chi connectivity index (χ0v) is 18.2. The zero-order chi connectivity index (χ0) is 22.3. The van der Waals surface area contributed by atoms with Crippen LogP contribution in [0.25, 0.3) is 0 Å². The second-order valence-electron chi connectivity index (χ2n) is 9.17. The summed E-state index contributed by atoms with van der Waals surface area (Å²) in [7, 11) is 0. The van der Waals surface area contributed by atoms with Crippen molar-refractivity contribution in [1.82, 2.24) is 4.98 Å². The maximum absolute atomic E-state index is 13.9. The highest BCUT2D eigenvalue weighted by molar-refractivity contribution is 6.11. The van der Waals surface area contributed by atoms with Crippen LogP contribution in [0.2, 0.25) is 0 Å². The van der Waals surface area contributed by atoms with E-state index in [1.807, 2.05) is 60.7 Å². The van der Waals surface area contributed by atoms with Gasteiger partial charge in [-0.1, -0.05) is 50.2 Å². The number of hydrogen-bond acceptors (Lipinski definition) is 4. The molecule has 5 nitrogen and oxygen atoms in total. The third-order valence-electron chi connectivity index (χ3n) is 6.11. The Morgan fingerprint density at radius 3 is 2.44 bits per heavy atom. The van der Waals surface area contributed by atoms with E-state index in [1.165, 1.54) is 0 Å². The van der Waals surface area contributed by atoms with Crippen molar-refractivity contribution in [2.45, 2.75) is 32.7 Å². The van der Waals surface area contributed by atoms with Gasteiger partial charge in [-0.15, -0.1) is 0 Å². The molecule has 32 heavy (non-hydrogen) atoms. The number of para-hydroxylation sites is 2. The maximum Gasteiger partial charge on any atom is 0.259 e. The minimum absolute atomic E-state index is 0.0538. The molecule has 1 aliphatic carbocycles. The second-order valence-corrected chi connectivity index (χ2v) is 9.17. The lowest BCUT2D eigenvalue weighted by Crippen LogP contribution is -2.40. The summed E-state index contributed by atoms with van der Waals surface area (Å²) in [4.78, 5) is 33.8. The number of allylic oxidation sites excluding steroid dienone is 1. The van der Waals surface area contributed by atoms with E-state index in [2.05, 4.69) is 24.1 Å². The number of carbonyl (C=O) groups is 2. The highest BCUT2D eigenvalue weighted by Crippen LogP contribution is 2.48. The van der Waals surface area contributed by atoms with E-state index in [1.54, 1.807) is 23.2 Å². The lowest BCUT2D eigenvalue weighted by Gasteiger charge is -2.36. The number of carbonyl (C=O) groups excluding carboxylic acids is 2.